The quantitative estimate of drug-likeness (QED) is 0.350. The maximum Gasteiger partial charge on any atom is 0.416 e. The number of methoxy groups -OCH3 is 1. The summed E-state index contributed by atoms with van der Waals surface area (Å²) in [4.78, 5) is 43.7. The minimum Gasteiger partial charge on any atom is -0.497 e. The zero-order valence-corrected chi connectivity index (χ0v) is 22.5. The highest BCUT2D eigenvalue weighted by atomic mass is 19.4. The molecule has 2 N–H and O–H groups in total. The SMILES string of the molecule is C=CCN1C(=O)N[C@H](c2ccccc2C(F)(F)F)C2=C1CN([C@@H](C(=O)Nc1ccc(OC)cc1)c1ccccc1)C2=O. The molecule has 0 radical (unpaired) electrons. The van der Waals surface area contributed by atoms with Crippen LogP contribution in [0.15, 0.2) is 103 Å². The fourth-order valence-electron chi connectivity index (χ4n) is 5.28. The number of benzene rings is 3. The number of carbonyl (C=O) groups is 3. The van der Waals surface area contributed by atoms with E-state index < -0.39 is 41.7 Å². The number of anilines is 1. The van der Waals surface area contributed by atoms with Gasteiger partial charge in [0, 0.05) is 12.2 Å². The molecule has 0 saturated heterocycles. The van der Waals surface area contributed by atoms with Gasteiger partial charge in [-0.3, -0.25) is 14.5 Å². The Morgan fingerprint density at radius 2 is 1.74 bits per heavy atom. The van der Waals surface area contributed by atoms with E-state index >= 15 is 0 Å². The first-order valence-corrected chi connectivity index (χ1v) is 13.0. The Hall–Kier alpha value is -5.06. The van der Waals surface area contributed by atoms with E-state index in [9.17, 15) is 27.6 Å². The molecule has 0 saturated carbocycles. The van der Waals surface area contributed by atoms with Crippen LogP contribution in [-0.4, -0.2) is 47.8 Å². The smallest absolute Gasteiger partial charge is 0.416 e. The standard InChI is InChI=1S/C31H27F3N4O4/c1-3-17-37-24-18-38(27(19-9-5-4-6-10-19)28(39)35-20-13-15-21(42-2)16-14-20)29(40)25(24)26(36-30(37)41)22-11-7-8-12-23(22)31(32,33)34/h3-16,26-27H,1,17-18H2,2H3,(H,35,39)(H,36,41)/t26-,27-/m1/s1. The second kappa shape index (κ2) is 11.4. The zero-order valence-electron chi connectivity index (χ0n) is 22.5. The third kappa shape index (κ3) is 5.32. The molecule has 4 amide bonds. The number of halogens is 3. The first-order chi connectivity index (χ1) is 20.1. The molecule has 216 valence electrons. The van der Waals surface area contributed by atoms with E-state index in [2.05, 4.69) is 17.2 Å². The number of hydrogen-bond donors (Lipinski definition) is 2. The highest BCUT2D eigenvalue weighted by Crippen LogP contribution is 2.43. The lowest BCUT2D eigenvalue weighted by atomic mass is 9.91. The Morgan fingerprint density at radius 1 is 1.07 bits per heavy atom. The van der Waals surface area contributed by atoms with Gasteiger partial charge in [0.25, 0.3) is 11.8 Å². The summed E-state index contributed by atoms with van der Waals surface area (Å²) in [6.45, 7) is 3.49. The van der Waals surface area contributed by atoms with Crippen LogP contribution < -0.4 is 15.4 Å². The Kier molecular flexibility index (Phi) is 7.75. The topological polar surface area (TPSA) is 91.0 Å². The maximum atomic E-state index is 14.2. The van der Waals surface area contributed by atoms with E-state index in [1.165, 1.54) is 41.2 Å². The number of alkyl halides is 3. The fraction of sp³-hybridized carbons (Fsp3) is 0.194. The van der Waals surface area contributed by atoms with Crippen molar-refractivity contribution in [1.82, 2.24) is 15.1 Å². The summed E-state index contributed by atoms with van der Waals surface area (Å²) in [6, 6.07) is 16.8. The molecule has 0 spiro atoms. The van der Waals surface area contributed by atoms with E-state index in [0.717, 1.165) is 6.07 Å². The molecule has 0 unspecified atom stereocenters. The molecule has 2 atom stereocenters. The summed E-state index contributed by atoms with van der Waals surface area (Å²) in [5, 5.41) is 5.40. The molecule has 3 aromatic carbocycles. The molecule has 3 aromatic rings. The molecule has 0 aromatic heterocycles. The predicted molar refractivity (Wildman–Crippen MR) is 149 cm³/mol. The van der Waals surface area contributed by atoms with Gasteiger partial charge in [0.2, 0.25) is 0 Å². The van der Waals surface area contributed by atoms with Crippen LogP contribution >= 0.6 is 0 Å². The number of rotatable bonds is 8. The van der Waals surface area contributed by atoms with Crippen LogP contribution in [0, 0.1) is 0 Å². The van der Waals surface area contributed by atoms with Gasteiger partial charge in [0.15, 0.2) is 0 Å². The summed E-state index contributed by atoms with van der Waals surface area (Å²) >= 11 is 0. The third-order valence-corrected chi connectivity index (χ3v) is 7.17. The number of urea groups is 1. The summed E-state index contributed by atoms with van der Waals surface area (Å²) < 4.78 is 47.2. The van der Waals surface area contributed by atoms with Crippen LogP contribution in [0.1, 0.15) is 28.8 Å². The van der Waals surface area contributed by atoms with Crippen LogP contribution in [-0.2, 0) is 15.8 Å². The maximum absolute atomic E-state index is 14.2. The Balaban J connectivity index is 1.57. The number of carbonyl (C=O) groups excluding carboxylic acids is 3. The van der Waals surface area contributed by atoms with Crippen molar-refractivity contribution in [3.05, 3.63) is 119 Å². The number of amides is 4. The van der Waals surface area contributed by atoms with Crippen LogP contribution in [0.5, 0.6) is 5.75 Å². The summed E-state index contributed by atoms with van der Waals surface area (Å²) in [7, 11) is 1.52. The second-order valence-electron chi connectivity index (χ2n) is 9.69. The summed E-state index contributed by atoms with van der Waals surface area (Å²) in [6.07, 6.45) is -3.28. The van der Waals surface area contributed by atoms with Gasteiger partial charge in [-0.2, -0.15) is 13.2 Å². The first kappa shape index (κ1) is 28.5. The van der Waals surface area contributed by atoms with E-state index in [4.69, 9.17) is 4.74 Å². The average molecular weight is 577 g/mol. The average Bonchev–Trinajstić information content (AvgIpc) is 3.31. The largest absolute Gasteiger partial charge is 0.497 e. The van der Waals surface area contributed by atoms with Gasteiger partial charge < -0.3 is 20.3 Å². The molecule has 11 heteroatoms. The monoisotopic (exact) mass is 576 g/mol. The van der Waals surface area contributed by atoms with Gasteiger partial charge >= 0.3 is 12.2 Å². The van der Waals surface area contributed by atoms with Crippen molar-refractivity contribution in [3.63, 3.8) is 0 Å². The molecule has 2 heterocycles. The van der Waals surface area contributed by atoms with Crippen molar-refractivity contribution in [2.45, 2.75) is 18.3 Å². The molecule has 42 heavy (non-hydrogen) atoms. The number of ether oxygens (including phenoxy) is 1. The summed E-state index contributed by atoms with van der Waals surface area (Å²) in [5.74, 6) is -0.620. The predicted octanol–water partition coefficient (Wildman–Crippen LogP) is 5.44. The van der Waals surface area contributed by atoms with Crippen molar-refractivity contribution in [2.75, 3.05) is 25.5 Å². The van der Waals surface area contributed by atoms with Gasteiger partial charge in [0.05, 0.1) is 36.5 Å². The van der Waals surface area contributed by atoms with E-state index in [1.807, 2.05) is 0 Å². The van der Waals surface area contributed by atoms with Crippen molar-refractivity contribution < 1.29 is 32.3 Å². The molecular weight excluding hydrogens is 549 g/mol. The summed E-state index contributed by atoms with van der Waals surface area (Å²) in [5.41, 5.74) is -0.123. The Bertz CT molecular complexity index is 1550. The Labute approximate surface area is 240 Å². The minimum atomic E-state index is -4.73. The molecule has 5 rings (SSSR count). The molecule has 8 nitrogen and oxygen atoms in total. The number of hydrogen-bond acceptors (Lipinski definition) is 4. The van der Waals surface area contributed by atoms with E-state index in [-0.39, 0.29) is 29.9 Å². The molecule has 0 bridgehead atoms. The highest BCUT2D eigenvalue weighted by molar-refractivity contribution is 6.05. The zero-order chi connectivity index (χ0) is 30.0. The number of nitrogens with one attached hydrogen (secondary N) is 2. The van der Waals surface area contributed by atoms with Gasteiger partial charge in [0.1, 0.15) is 11.8 Å². The van der Waals surface area contributed by atoms with E-state index in [1.54, 1.807) is 54.6 Å². The van der Waals surface area contributed by atoms with Crippen LogP contribution in [0.3, 0.4) is 0 Å². The molecule has 2 aliphatic rings. The lowest BCUT2D eigenvalue weighted by molar-refractivity contribution is -0.138. The fourth-order valence-corrected chi connectivity index (χ4v) is 5.28. The van der Waals surface area contributed by atoms with Crippen molar-refractivity contribution in [3.8, 4) is 5.75 Å². The Morgan fingerprint density at radius 3 is 2.38 bits per heavy atom. The molecule has 0 aliphatic carbocycles. The van der Waals surface area contributed by atoms with Gasteiger partial charge in [-0.25, -0.2) is 4.79 Å². The van der Waals surface area contributed by atoms with Crippen molar-refractivity contribution >= 4 is 23.5 Å². The van der Waals surface area contributed by atoms with Crippen LogP contribution in [0.25, 0.3) is 0 Å². The van der Waals surface area contributed by atoms with E-state index in [0.29, 0.717) is 17.0 Å². The lowest BCUT2D eigenvalue weighted by Gasteiger charge is -2.33. The van der Waals surface area contributed by atoms with Gasteiger partial charge in [-0.05, 0) is 41.5 Å². The van der Waals surface area contributed by atoms with Crippen LogP contribution in [0.4, 0.5) is 23.7 Å². The molecule has 0 fully saturated rings. The highest BCUT2D eigenvalue weighted by Gasteiger charge is 2.49. The van der Waals surface area contributed by atoms with Gasteiger partial charge in [-0.15, -0.1) is 6.58 Å². The second-order valence-corrected chi connectivity index (χ2v) is 9.69. The molecular formula is C31H27F3N4O4. The van der Waals surface area contributed by atoms with Crippen molar-refractivity contribution in [1.29, 1.82) is 0 Å². The lowest BCUT2D eigenvalue weighted by Crippen LogP contribution is -2.47. The normalized spacial score (nSPS) is 17.5. The van der Waals surface area contributed by atoms with Gasteiger partial charge in [-0.1, -0.05) is 54.6 Å². The third-order valence-electron chi connectivity index (χ3n) is 7.17. The first-order valence-electron chi connectivity index (χ1n) is 13.0. The van der Waals surface area contributed by atoms with Crippen LogP contribution in [0.2, 0.25) is 0 Å². The minimum absolute atomic E-state index is 0.00741. The van der Waals surface area contributed by atoms with Crippen molar-refractivity contribution in [2.24, 2.45) is 0 Å². The molecule has 2 aliphatic heterocycles. The number of nitrogens with zero attached hydrogens (tertiary/aromatic N) is 2.